The molecule has 1 amide bonds. The first-order valence-corrected chi connectivity index (χ1v) is 5.68. The molecule has 0 aliphatic rings. The van der Waals surface area contributed by atoms with Crippen LogP contribution in [0.2, 0.25) is 0 Å². The fraction of sp³-hybridized carbons (Fsp3) is 0.417. The van der Waals surface area contributed by atoms with Crippen molar-refractivity contribution in [3.05, 3.63) is 33.9 Å². The smallest absolute Gasteiger partial charge is 0.271 e. The van der Waals surface area contributed by atoms with Gasteiger partial charge in [0, 0.05) is 31.4 Å². The van der Waals surface area contributed by atoms with Crippen molar-refractivity contribution in [3.63, 3.8) is 0 Å². The molecular weight excluding hydrogens is 234 g/mol. The van der Waals surface area contributed by atoms with E-state index in [1.165, 1.54) is 12.1 Å². The van der Waals surface area contributed by atoms with Crippen LogP contribution in [-0.2, 0) is 4.79 Å². The SMILES string of the molecule is CCN(C)C(=O)CNc1cc(C)cc([N+](=O)[O-])c1. The molecule has 1 rings (SSSR count). The number of amides is 1. The summed E-state index contributed by atoms with van der Waals surface area (Å²) in [6.45, 7) is 4.42. The van der Waals surface area contributed by atoms with Crippen molar-refractivity contribution >= 4 is 17.3 Å². The Labute approximate surface area is 106 Å². The number of hydrogen-bond donors (Lipinski definition) is 1. The molecule has 0 atom stereocenters. The first kappa shape index (κ1) is 14.0. The van der Waals surface area contributed by atoms with Crippen LogP contribution in [-0.4, -0.2) is 35.9 Å². The second kappa shape index (κ2) is 6.00. The third kappa shape index (κ3) is 3.73. The summed E-state index contributed by atoms with van der Waals surface area (Å²) in [6, 6.07) is 4.68. The maximum atomic E-state index is 11.6. The Kier molecular flexibility index (Phi) is 4.65. The second-order valence-electron chi connectivity index (χ2n) is 4.08. The fourth-order valence-electron chi connectivity index (χ4n) is 1.46. The summed E-state index contributed by atoms with van der Waals surface area (Å²) >= 11 is 0. The highest BCUT2D eigenvalue weighted by atomic mass is 16.6. The number of anilines is 1. The summed E-state index contributed by atoms with van der Waals surface area (Å²) in [5, 5.41) is 13.6. The minimum absolute atomic E-state index is 0.0220. The summed E-state index contributed by atoms with van der Waals surface area (Å²) in [7, 11) is 1.71. The normalized spacial score (nSPS) is 9.94. The van der Waals surface area contributed by atoms with Crippen LogP contribution in [0.4, 0.5) is 11.4 Å². The number of non-ortho nitro benzene ring substituents is 1. The van der Waals surface area contributed by atoms with E-state index in [0.29, 0.717) is 12.2 Å². The lowest BCUT2D eigenvalue weighted by atomic mass is 10.2. The number of nitro benzene ring substituents is 1. The zero-order chi connectivity index (χ0) is 13.7. The monoisotopic (exact) mass is 251 g/mol. The van der Waals surface area contributed by atoms with Crippen molar-refractivity contribution in [1.82, 2.24) is 4.90 Å². The summed E-state index contributed by atoms with van der Waals surface area (Å²) in [4.78, 5) is 23.4. The van der Waals surface area contributed by atoms with Crippen LogP contribution in [0.15, 0.2) is 18.2 Å². The van der Waals surface area contributed by atoms with Gasteiger partial charge in [-0.25, -0.2) is 0 Å². The van der Waals surface area contributed by atoms with Gasteiger partial charge in [-0.1, -0.05) is 0 Å². The molecule has 0 spiro atoms. The molecule has 1 aromatic carbocycles. The van der Waals surface area contributed by atoms with E-state index in [1.807, 2.05) is 6.92 Å². The van der Waals surface area contributed by atoms with Crippen LogP contribution >= 0.6 is 0 Å². The number of hydrogen-bond acceptors (Lipinski definition) is 4. The van der Waals surface area contributed by atoms with E-state index in [2.05, 4.69) is 5.32 Å². The summed E-state index contributed by atoms with van der Waals surface area (Å²) in [5.41, 5.74) is 1.39. The van der Waals surface area contributed by atoms with E-state index in [9.17, 15) is 14.9 Å². The van der Waals surface area contributed by atoms with Crippen molar-refractivity contribution in [2.45, 2.75) is 13.8 Å². The van der Waals surface area contributed by atoms with Gasteiger partial charge in [-0.05, 0) is 25.5 Å². The van der Waals surface area contributed by atoms with Crippen molar-refractivity contribution in [2.75, 3.05) is 25.5 Å². The maximum Gasteiger partial charge on any atom is 0.271 e. The molecule has 18 heavy (non-hydrogen) atoms. The van der Waals surface area contributed by atoms with E-state index in [1.54, 1.807) is 24.9 Å². The number of nitro groups is 1. The molecule has 0 fully saturated rings. The molecule has 0 aliphatic heterocycles. The Morgan fingerprint density at radius 1 is 1.44 bits per heavy atom. The Hall–Kier alpha value is -2.11. The minimum atomic E-state index is -0.446. The average Bonchev–Trinajstić information content (AvgIpc) is 2.34. The van der Waals surface area contributed by atoms with Gasteiger partial charge in [0.15, 0.2) is 0 Å². The van der Waals surface area contributed by atoms with Crippen LogP contribution in [0.25, 0.3) is 0 Å². The van der Waals surface area contributed by atoms with Crippen LogP contribution < -0.4 is 5.32 Å². The van der Waals surface area contributed by atoms with Crippen LogP contribution in [0.5, 0.6) is 0 Å². The molecule has 6 nitrogen and oxygen atoms in total. The molecule has 1 aromatic rings. The highest BCUT2D eigenvalue weighted by Gasteiger charge is 2.10. The van der Waals surface area contributed by atoms with E-state index in [0.717, 1.165) is 5.56 Å². The van der Waals surface area contributed by atoms with Gasteiger partial charge in [-0.2, -0.15) is 0 Å². The van der Waals surface area contributed by atoms with Crippen molar-refractivity contribution < 1.29 is 9.72 Å². The maximum absolute atomic E-state index is 11.6. The molecule has 0 bridgehead atoms. The number of rotatable bonds is 5. The standard InChI is InChI=1S/C12H17N3O3/c1-4-14(3)12(16)8-13-10-5-9(2)6-11(7-10)15(17)18/h5-7,13H,4,8H2,1-3H3. The van der Waals surface area contributed by atoms with E-state index in [4.69, 9.17) is 0 Å². The third-order valence-corrected chi connectivity index (χ3v) is 2.62. The molecule has 0 radical (unpaired) electrons. The van der Waals surface area contributed by atoms with Gasteiger partial charge in [0.2, 0.25) is 5.91 Å². The lowest BCUT2D eigenvalue weighted by Gasteiger charge is -2.15. The molecule has 1 N–H and O–H groups in total. The Bertz CT molecular complexity index is 460. The number of carbonyl (C=O) groups excluding carboxylic acids is 1. The van der Waals surface area contributed by atoms with Gasteiger partial charge in [-0.3, -0.25) is 14.9 Å². The molecule has 6 heteroatoms. The van der Waals surface area contributed by atoms with Crippen LogP contribution in [0, 0.1) is 17.0 Å². The largest absolute Gasteiger partial charge is 0.376 e. The second-order valence-corrected chi connectivity index (χ2v) is 4.08. The zero-order valence-corrected chi connectivity index (χ0v) is 10.8. The van der Waals surface area contributed by atoms with Crippen LogP contribution in [0.3, 0.4) is 0 Å². The third-order valence-electron chi connectivity index (χ3n) is 2.62. The summed E-state index contributed by atoms with van der Waals surface area (Å²) in [6.07, 6.45) is 0. The van der Waals surface area contributed by atoms with Crippen molar-refractivity contribution in [3.8, 4) is 0 Å². The highest BCUT2D eigenvalue weighted by molar-refractivity contribution is 5.80. The number of nitrogens with one attached hydrogen (secondary N) is 1. The fourth-order valence-corrected chi connectivity index (χ4v) is 1.46. The Morgan fingerprint density at radius 2 is 2.11 bits per heavy atom. The van der Waals surface area contributed by atoms with Gasteiger partial charge in [0.05, 0.1) is 11.5 Å². The van der Waals surface area contributed by atoms with Gasteiger partial charge in [-0.15, -0.1) is 0 Å². The van der Waals surface area contributed by atoms with Gasteiger partial charge in [0.25, 0.3) is 5.69 Å². The molecule has 0 aliphatic carbocycles. The quantitative estimate of drug-likeness (QED) is 0.639. The highest BCUT2D eigenvalue weighted by Crippen LogP contribution is 2.20. The van der Waals surface area contributed by atoms with E-state index in [-0.39, 0.29) is 18.1 Å². The van der Waals surface area contributed by atoms with Crippen molar-refractivity contribution in [2.24, 2.45) is 0 Å². The predicted molar refractivity (Wildman–Crippen MR) is 69.6 cm³/mol. The van der Waals surface area contributed by atoms with Crippen molar-refractivity contribution in [1.29, 1.82) is 0 Å². The number of nitrogens with zero attached hydrogens (tertiary/aromatic N) is 2. The van der Waals surface area contributed by atoms with Gasteiger partial charge < -0.3 is 10.2 Å². The molecule has 0 saturated heterocycles. The predicted octanol–water partition coefficient (Wildman–Crippen LogP) is 1.79. The summed E-state index contributed by atoms with van der Waals surface area (Å²) < 4.78 is 0. The summed E-state index contributed by atoms with van der Waals surface area (Å²) in [5.74, 6) is -0.0540. The molecular formula is C12H17N3O3. The molecule has 0 aromatic heterocycles. The first-order valence-electron chi connectivity index (χ1n) is 5.68. The number of carbonyl (C=O) groups is 1. The number of likely N-dealkylation sites (N-methyl/N-ethyl adjacent to an activating group) is 1. The van der Waals surface area contributed by atoms with E-state index >= 15 is 0 Å². The topological polar surface area (TPSA) is 75.5 Å². The minimum Gasteiger partial charge on any atom is -0.376 e. The Balaban J connectivity index is 2.73. The zero-order valence-electron chi connectivity index (χ0n) is 10.8. The molecule has 0 saturated carbocycles. The Morgan fingerprint density at radius 3 is 2.67 bits per heavy atom. The van der Waals surface area contributed by atoms with Gasteiger partial charge >= 0.3 is 0 Å². The molecule has 0 unspecified atom stereocenters. The lowest BCUT2D eigenvalue weighted by molar-refractivity contribution is -0.384. The van der Waals surface area contributed by atoms with Crippen LogP contribution in [0.1, 0.15) is 12.5 Å². The van der Waals surface area contributed by atoms with E-state index < -0.39 is 4.92 Å². The number of benzene rings is 1. The number of aryl methyl sites for hydroxylation is 1. The average molecular weight is 251 g/mol. The first-order chi connectivity index (χ1) is 8.43. The molecule has 98 valence electrons. The molecule has 0 heterocycles. The lowest BCUT2D eigenvalue weighted by Crippen LogP contribution is -2.31. The van der Waals surface area contributed by atoms with Gasteiger partial charge in [0.1, 0.15) is 0 Å².